The molecular formula is C12H20N6O. The molecule has 7 heteroatoms. The number of aromatic amines is 1. The molecule has 1 unspecified atom stereocenters. The molecule has 0 bridgehead atoms. The average molecular weight is 264 g/mol. The molecule has 1 aromatic rings. The minimum absolute atomic E-state index is 0.0491. The van der Waals surface area contributed by atoms with Gasteiger partial charge in [0.15, 0.2) is 0 Å². The normalized spacial score (nSPS) is 18.1. The number of anilines is 1. The first-order valence-corrected chi connectivity index (χ1v) is 6.45. The van der Waals surface area contributed by atoms with Crippen LogP contribution in [0.5, 0.6) is 0 Å². The van der Waals surface area contributed by atoms with Crippen LogP contribution >= 0.6 is 0 Å². The Kier molecular flexibility index (Phi) is 4.51. The van der Waals surface area contributed by atoms with Crippen molar-refractivity contribution in [2.24, 2.45) is 0 Å². The van der Waals surface area contributed by atoms with Gasteiger partial charge in [0, 0.05) is 32.7 Å². The molecule has 19 heavy (non-hydrogen) atoms. The number of H-pyrrole nitrogens is 1. The number of rotatable bonds is 5. The second kappa shape index (κ2) is 6.33. The summed E-state index contributed by atoms with van der Waals surface area (Å²) in [4.78, 5) is 20.3. The SMILES string of the molecule is C=CCNC(=O)C(C)N1CCN(c2ncn[nH]2)CC1. The summed E-state index contributed by atoms with van der Waals surface area (Å²) in [5.41, 5.74) is 0. The molecule has 0 radical (unpaired) electrons. The molecule has 1 amide bonds. The van der Waals surface area contributed by atoms with Gasteiger partial charge < -0.3 is 10.2 Å². The van der Waals surface area contributed by atoms with Crippen molar-refractivity contribution >= 4 is 11.9 Å². The number of hydrogen-bond acceptors (Lipinski definition) is 5. The zero-order valence-electron chi connectivity index (χ0n) is 11.2. The Morgan fingerprint density at radius 1 is 1.58 bits per heavy atom. The molecule has 1 saturated heterocycles. The van der Waals surface area contributed by atoms with E-state index in [0.717, 1.165) is 32.1 Å². The Morgan fingerprint density at radius 3 is 2.89 bits per heavy atom. The fourth-order valence-electron chi connectivity index (χ4n) is 2.16. The van der Waals surface area contributed by atoms with Crippen molar-refractivity contribution in [1.29, 1.82) is 0 Å². The Bertz CT molecular complexity index is 410. The molecule has 2 heterocycles. The van der Waals surface area contributed by atoms with E-state index in [2.05, 4.69) is 36.9 Å². The predicted octanol–water partition coefficient (Wildman–Crippen LogP) is -0.383. The van der Waals surface area contributed by atoms with E-state index in [1.807, 2.05) is 6.92 Å². The van der Waals surface area contributed by atoms with Crippen LogP contribution in [0.4, 0.5) is 5.95 Å². The highest BCUT2D eigenvalue weighted by Gasteiger charge is 2.25. The third-order valence-corrected chi connectivity index (χ3v) is 3.36. The van der Waals surface area contributed by atoms with Gasteiger partial charge in [0.05, 0.1) is 6.04 Å². The van der Waals surface area contributed by atoms with E-state index < -0.39 is 0 Å². The highest BCUT2D eigenvalue weighted by Crippen LogP contribution is 2.11. The summed E-state index contributed by atoms with van der Waals surface area (Å²) in [6.07, 6.45) is 3.19. The van der Waals surface area contributed by atoms with Gasteiger partial charge in [0.1, 0.15) is 6.33 Å². The third-order valence-electron chi connectivity index (χ3n) is 3.36. The summed E-state index contributed by atoms with van der Waals surface area (Å²) in [6, 6.07) is -0.114. The highest BCUT2D eigenvalue weighted by atomic mass is 16.2. The van der Waals surface area contributed by atoms with Crippen LogP contribution in [0.3, 0.4) is 0 Å². The van der Waals surface area contributed by atoms with E-state index in [1.165, 1.54) is 6.33 Å². The molecule has 0 spiro atoms. The topological polar surface area (TPSA) is 77.2 Å². The lowest BCUT2D eigenvalue weighted by Crippen LogP contribution is -2.54. The van der Waals surface area contributed by atoms with Crippen LogP contribution in [0, 0.1) is 0 Å². The minimum Gasteiger partial charge on any atom is -0.351 e. The maximum Gasteiger partial charge on any atom is 0.237 e. The molecule has 104 valence electrons. The number of aromatic nitrogens is 3. The zero-order valence-corrected chi connectivity index (χ0v) is 11.2. The van der Waals surface area contributed by atoms with Crippen molar-refractivity contribution in [1.82, 2.24) is 25.4 Å². The van der Waals surface area contributed by atoms with Gasteiger partial charge in [-0.2, -0.15) is 10.1 Å². The average Bonchev–Trinajstić information content (AvgIpc) is 2.98. The molecule has 1 aromatic heterocycles. The first-order chi connectivity index (χ1) is 9.22. The molecule has 7 nitrogen and oxygen atoms in total. The Labute approximate surface area is 112 Å². The Hall–Kier alpha value is -1.89. The standard InChI is InChI=1S/C12H20N6O/c1-3-4-13-11(19)10(2)17-5-7-18(8-6-17)12-14-9-15-16-12/h3,9-10H,1,4-8H2,2H3,(H,13,19)(H,14,15,16). The van der Waals surface area contributed by atoms with Crippen molar-refractivity contribution in [2.75, 3.05) is 37.6 Å². The van der Waals surface area contributed by atoms with Gasteiger partial charge in [0.25, 0.3) is 0 Å². The lowest BCUT2D eigenvalue weighted by atomic mass is 10.2. The number of carbonyl (C=O) groups is 1. The summed E-state index contributed by atoms with van der Waals surface area (Å²) in [5, 5.41) is 9.53. The number of amides is 1. The first kappa shape index (κ1) is 13.5. The molecule has 0 aromatic carbocycles. The lowest BCUT2D eigenvalue weighted by Gasteiger charge is -2.37. The van der Waals surface area contributed by atoms with E-state index in [4.69, 9.17) is 0 Å². The largest absolute Gasteiger partial charge is 0.351 e. The van der Waals surface area contributed by atoms with E-state index in [9.17, 15) is 4.79 Å². The molecule has 1 aliphatic rings. The summed E-state index contributed by atoms with van der Waals surface area (Å²) in [7, 11) is 0. The number of carbonyl (C=O) groups excluding carboxylic acids is 1. The molecule has 0 saturated carbocycles. The summed E-state index contributed by atoms with van der Waals surface area (Å²) in [6.45, 7) is 9.40. The zero-order chi connectivity index (χ0) is 13.7. The lowest BCUT2D eigenvalue weighted by molar-refractivity contribution is -0.125. The van der Waals surface area contributed by atoms with Crippen LogP contribution in [0.25, 0.3) is 0 Å². The first-order valence-electron chi connectivity index (χ1n) is 6.45. The van der Waals surface area contributed by atoms with Crippen LogP contribution in [-0.4, -0.2) is 64.8 Å². The summed E-state index contributed by atoms with van der Waals surface area (Å²) >= 11 is 0. The van der Waals surface area contributed by atoms with Crippen molar-refractivity contribution in [3.05, 3.63) is 19.0 Å². The van der Waals surface area contributed by atoms with Crippen molar-refractivity contribution in [3.63, 3.8) is 0 Å². The Morgan fingerprint density at radius 2 is 2.32 bits per heavy atom. The quantitative estimate of drug-likeness (QED) is 0.709. The monoisotopic (exact) mass is 264 g/mol. The van der Waals surface area contributed by atoms with Crippen molar-refractivity contribution in [2.45, 2.75) is 13.0 Å². The molecule has 2 rings (SSSR count). The minimum atomic E-state index is -0.114. The van der Waals surface area contributed by atoms with Gasteiger partial charge in [-0.15, -0.1) is 6.58 Å². The number of hydrogen-bond donors (Lipinski definition) is 2. The molecule has 1 aliphatic heterocycles. The van der Waals surface area contributed by atoms with Gasteiger partial charge in [-0.05, 0) is 6.92 Å². The second-order valence-electron chi connectivity index (χ2n) is 4.54. The number of nitrogens with zero attached hydrogens (tertiary/aromatic N) is 4. The van der Waals surface area contributed by atoms with Crippen LogP contribution in [0.1, 0.15) is 6.92 Å². The predicted molar refractivity (Wildman–Crippen MR) is 72.8 cm³/mol. The van der Waals surface area contributed by atoms with Crippen LogP contribution in [0.15, 0.2) is 19.0 Å². The van der Waals surface area contributed by atoms with E-state index in [0.29, 0.717) is 6.54 Å². The molecular weight excluding hydrogens is 244 g/mol. The molecule has 2 N–H and O–H groups in total. The van der Waals surface area contributed by atoms with Gasteiger partial charge in [-0.25, -0.2) is 5.10 Å². The third kappa shape index (κ3) is 3.31. The maximum atomic E-state index is 11.9. The summed E-state index contributed by atoms with van der Waals surface area (Å²) in [5.74, 6) is 0.844. The molecule has 0 aliphatic carbocycles. The van der Waals surface area contributed by atoms with Crippen molar-refractivity contribution < 1.29 is 4.79 Å². The maximum absolute atomic E-state index is 11.9. The van der Waals surface area contributed by atoms with Gasteiger partial charge in [0.2, 0.25) is 11.9 Å². The number of nitrogens with one attached hydrogen (secondary N) is 2. The fourth-order valence-corrected chi connectivity index (χ4v) is 2.16. The van der Waals surface area contributed by atoms with Crippen molar-refractivity contribution in [3.8, 4) is 0 Å². The highest BCUT2D eigenvalue weighted by molar-refractivity contribution is 5.81. The smallest absolute Gasteiger partial charge is 0.237 e. The Balaban J connectivity index is 1.82. The molecule has 1 fully saturated rings. The van der Waals surface area contributed by atoms with Crippen LogP contribution in [0.2, 0.25) is 0 Å². The van der Waals surface area contributed by atoms with E-state index in [-0.39, 0.29) is 11.9 Å². The summed E-state index contributed by atoms with van der Waals surface area (Å²) < 4.78 is 0. The number of piperazine rings is 1. The van der Waals surface area contributed by atoms with E-state index >= 15 is 0 Å². The van der Waals surface area contributed by atoms with Crippen LogP contribution < -0.4 is 10.2 Å². The van der Waals surface area contributed by atoms with Gasteiger partial charge >= 0.3 is 0 Å². The van der Waals surface area contributed by atoms with Crippen LogP contribution in [-0.2, 0) is 4.79 Å². The molecule has 1 atom stereocenters. The fraction of sp³-hybridized carbons (Fsp3) is 0.583. The van der Waals surface area contributed by atoms with Gasteiger partial charge in [-0.3, -0.25) is 9.69 Å². The second-order valence-corrected chi connectivity index (χ2v) is 4.54. The van der Waals surface area contributed by atoms with Gasteiger partial charge in [-0.1, -0.05) is 6.08 Å². The van der Waals surface area contributed by atoms with E-state index in [1.54, 1.807) is 6.08 Å².